The van der Waals surface area contributed by atoms with Gasteiger partial charge < -0.3 is 19.9 Å². The maximum Gasteiger partial charge on any atom is 0.193 e. The molecule has 2 aliphatic rings. The van der Waals surface area contributed by atoms with E-state index in [4.69, 9.17) is 16.3 Å². The molecule has 0 saturated carbocycles. The highest BCUT2D eigenvalue weighted by molar-refractivity contribution is 14.0. The summed E-state index contributed by atoms with van der Waals surface area (Å²) >= 11 is 6.30. The molecule has 2 aliphatic heterocycles. The van der Waals surface area contributed by atoms with Crippen molar-refractivity contribution in [1.82, 2.24) is 20.1 Å². The SMILES string of the molecule is CN=C(NCC(c1cccc(Cl)c1)N1CCOCC1)N1CCN(c2ccccn2)CC1.I. The number of nitrogens with zero attached hydrogens (tertiary/aromatic N) is 5. The molecule has 32 heavy (non-hydrogen) atoms. The fourth-order valence-electron chi connectivity index (χ4n) is 4.27. The highest BCUT2D eigenvalue weighted by Gasteiger charge is 2.25. The monoisotopic (exact) mass is 570 g/mol. The van der Waals surface area contributed by atoms with Gasteiger partial charge in [-0.2, -0.15) is 0 Å². The number of hydrogen-bond acceptors (Lipinski definition) is 5. The molecule has 1 aromatic heterocycles. The highest BCUT2D eigenvalue weighted by atomic mass is 127. The molecule has 0 aliphatic carbocycles. The zero-order chi connectivity index (χ0) is 21.5. The Balaban J connectivity index is 0.00000289. The topological polar surface area (TPSA) is 56.2 Å². The van der Waals surface area contributed by atoms with Gasteiger partial charge in [0.05, 0.1) is 19.3 Å². The van der Waals surface area contributed by atoms with Gasteiger partial charge in [-0.15, -0.1) is 24.0 Å². The second kappa shape index (κ2) is 12.6. The van der Waals surface area contributed by atoms with Gasteiger partial charge in [0, 0.05) is 64.1 Å². The molecule has 3 heterocycles. The summed E-state index contributed by atoms with van der Waals surface area (Å²) in [5.74, 6) is 1.99. The molecule has 2 saturated heterocycles. The van der Waals surface area contributed by atoms with Crippen LogP contribution in [-0.4, -0.2) is 86.8 Å². The van der Waals surface area contributed by atoms with Crippen LogP contribution in [0.5, 0.6) is 0 Å². The minimum Gasteiger partial charge on any atom is -0.379 e. The maximum absolute atomic E-state index is 6.30. The van der Waals surface area contributed by atoms with Crippen LogP contribution in [0.4, 0.5) is 5.82 Å². The van der Waals surface area contributed by atoms with Gasteiger partial charge in [-0.25, -0.2) is 4.98 Å². The lowest BCUT2D eigenvalue weighted by atomic mass is 10.0. The first kappa shape index (κ1) is 25.0. The number of benzene rings is 1. The van der Waals surface area contributed by atoms with Crippen LogP contribution < -0.4 is 10.2 Å². The minimum atomic E-state index is 0. The molecule has 1 aromatic carbocycles. The second-order valence-corrected chi connectivity index (χ2v) is 8.25. The standard InChI is InChI=1S/C23H31ClN6O.HI/c1-25-23(30-11-9-29(10-12-30)22-7-2-3-8-26-22)27-18-21(28-13-15-31-16-14-28)19-5-4-6-20(24)17-19;/h2-8,17,21H,9-16,18H2,1H3,(H,25,27);1H. The molecule has 2 aromatic rings. The number of pyridine rings is 1. The number of anilines is 1. The molecular formula is C23H32ClIN6O. The fraction of sp³-hybridized carbons (Fsp3) is 0.478. The van der Waals surface area contributed by atoms with Crippen LogP contribution in [0, 0.1) is 0 Å². The minimum absolute atomic E-state index is 0. The first-order valence-corrected chi connectivity index (χ1v) is 11.3. The van der Waals surface area contributed by atoms with Crippen molar-refractivity contribution >= 4 is 47.4 Å². The molecule has 0 amide bonds. The van der Waals surface area contributed by atoms with Crippen molar-refractivity contribution in [1.29, 1.82) is 0 Å². The number of piperazine rings is 1. The summed E-state index contributed by atoms with van der Waals surface area (Å²) in [5.41, 5.74) is 1.22. The van der Waals surface area contributed by atoms with Crippen molar-refractivity contribution in [3.8, 4) is 0 Å². The quantitative estimate of drug-likeness (QED) is 0.339. The fourth-order valence-corrected chi connectivity index (χ4v) is 4.47. The van der Waals surface area contributed by atoms with E-state index in [1.807, 2.05) is 37.5 Å². The third kappa shape index (κ3) is 6.46. The van der Waals surface area contributed by atoms with Crippen LogP contribution in [0.25, 0.3) is 0 Å². The molecule has 7 nitrogen and oxygen atoms in total. The van der Waals surface area contributed by atoms with E-state index in [1.54, 1.807) is 0 Å². The molecule has 2 fully saturated rings. The van der Waals surface area contributed by atoms with Crippen molar-refractivity contribution < 1.29 is 4.74 Å². The first-order valence-electron chi connectivity index (χ1n) is 10.9. The van der Waals surface area contributed by atoms with E-state index in [9.17, 15) is 0 Å². The summed E-state index contributed by atoms with van der Waals surface area (Å²) < 4.78 is 5.57. The number of halogens is 2. The third-order valence-corrected chi connectivity index (χ3v) is 6.17. The van der Waals surface area contributed by atoms with Gasteiger partial charge >= 0.3 is 0 Å². The van der Waals surface area contributed by atoms with Crippen LogP contribution in [0.3, 0.4) is 0 Å². The number of aliphatic imine (C=N–C) groups is 1. The zero-order valence-electron chi connectivity index (χ0n) is 18.5. The Hall–Kier alpha value is -1.62. The van der Waals surface area contributed by atoms with Crippen LogP contribution in [0.15, 0.2) is 53.7 Å². The molecule has 1 atom stereocenters. The Morgan fingerprint density at radius 3 is 2.53 bits per heavy atom. The Kier molecular flexibility index (Phi) is 9.83. The van der Waals surface area contributed by atoms with Gasteiger partial charge in [-0.1, -0.05) is 29.8 Å². The third-order valence-electron chi connectivity index (χ3n) is 5.94. The first-order chi connectivity index (χ1) is 15.2. The lowest BCUT2D eigenvalue weighted by molar-refractivity contribution is 0.0169. The van der Waals surface area contributed by atoms with Crippen LogP contribution >= 0.6 is 35.6 Å². The number of nitrogens with one attached hydrogen (secondary N) is 1. The number of hydrogen-bond donors (Lipinski definition) is 1. The van der Waals surface area contributed by atoms with E-state index in [0.29, 0.717) is 0 Å². The Labute approximate surface area is 212 Å². The van der Waals surface area contributed by atoms with Gasteiger partial charge in [0.1, 0.15) is 5.82 Å². The van der Waals surface area contributed by atoms with Gasteiger partial charge in [-0.3, -0.25) is 9.89 Å². The molecule has 0 radical (unpaired) electrons. The molecule has 1 N–H and O–H groups in total. The summed E-state index contributed by atoms with van der Waals surface area (Å²) in [7, 11) is 1.86. The van der Waals surface area contributed by atoms with Crippen molar-refractivity contribution in [2.75, 3.05) is 71.0 Å². The lowest BCUT2D eigenvalue weighted by Crippen LogP contribution is -2.54. The van der Waals surface area contributed by atoms with Gasteiger partial charge in [0.25, 0.3) is 0 Å². The average Bonchev–Trinajstić information content (AvgIpc) is 2.83. The Bertz CT molecular complexity index is 857. The zero-order valence-corrected chi connectivity index (χ0v) is 21.6. The van der Waals surface area contributed by atoms with Gasteiger partial charge in [0.15, 0.2) is 5.96 Å². The highest BCUT2D eigenvalue weighted by Crippen LogP contribution is 2.24. The molecule has 1 unspecified atom stereocenters. The molecule has 9 heteroatoms. The normalized spacial score (nSPS) is 18.8. The van der Waals surface area contributed by atoms with E-state index < -0.39 is 0 Å². The van der Waals surface area contributed by atoms with E-state index in [0.717, 1.165) is 75.8 Å². The van der Waals surface area contributed by atoms with Crippen molar-refractivity contribution in [3.63, 3.8) is 0 Å². The number of ether oxygens (including phenoxy) is 1. The van der Waals surface area contributed by atoms with Crippen LogP contribution in [0.1, 0.15) is 11.6 Å². The van der Waals surface area contributed by atoms with Crippen molar-refractivity contribution in [2.24, 2.45) is 4.99 Å². The predicted octanol–water partition coefficient (Wildman–Crippen LogP) is 3.12. The van der Waals surface area contributed by atoms with E-state index in [-0.39, 0.29) is 30.0 Å². The lowest BCUT2D eigenvalue weighted by Gasteiger charge is -2.39. The summed E-state index contributed by atoms with van der Waals surface area (Å²) in [6, 6.07) is 14.5. The average molecular weight is 571 g/mol. The number of aromatic nitrogens is 1. The van der Waals surface area contributed by atoms with Gasteiger partial charge in [0.2, 0.25) is 0 Å². The largest absolute Gasteiger partial charge is 0.379 e. The Morgan fingerprint density at radius 1 is 1.09 bits per heavy atom. The predicted molar refractivity (Wildman–Crippen MR) is 141 cm³/mol. The Morgan fingerprint density at radius 2 is 1.88 bits per heavy atom. The van der Waals surface area contributed by atoms with E-state index in [1.165, 1.54) is 5.56 Å². The maximum atomic E-state index is 6.30. The second-order valence-electron chi connectivity index (χ2n) is 7.81. The van der Waals surface area contributed by atoms with E-state index in [2.05, 4.69) is 48.2 Å². The van der Waals surface area contributed by atoms with E-state index >= 15 is 0 Å². The van der Waals surface area contributed by atoms with Crippen LogP contribution in [0.2, 0.25) is 5.02 Å². The molecule has 4 rings (SSSR count). The van der Waals surface area contributed by atoms with Crippen LogP contribution in [-0.2, 0) is 4.74 Å². The summed E-state index contributed by atoms with van der Waals surface area (Å²) in [6.07, 6.45) is 1.85. The molecule has 174 valence electrons. The van der Waals surface area contributed by atoms with Crippen molar-refractivity contribution in [3.05, 3.63) is 59.2 Å². The summed E-state index contributed by atoms with van der Waals surface area (Å²) in [4.78, 5) is 16.2. The number of rotatable bonds is 5. The number of guanidine groups is 1. The summed E-state index contributed by atoms with van der Waals surface area (Å²) in [5, 5.41) is 4.39. The molecule has 0 bridgehead atoms. The van der Waals surface area contributed by atoms with Gasteiger partial charge in [-0.05, 0) is 29.8 Å². The van der Waals surface area contributed by atoms with Crippen molar-refractivity contribution in [2.45, 2.75) is 6.04 Å². The molecular weight excluding hydrogens is 539 g/mol. The molecule has 0 spiro atoms. The number of morpholine rings is 1. The smallest absolute Gasteiger partial charge is 0.193 e. The summed E-state index contributed by atoms with van der Waals surface area (Å²) in [6.45, 7) is 7.82.